The Bertz CT molecular complexity index is 305. The molecule has 0 atom stereocenters. The second kappa shape index (κ2) is 8.07. The first-order chi connectivity index (χ1) is 7.24. The topological polar surface area (TPSA) is 45.2 Å². The molecule has 5 heteroatoms. The molecule has 0 saturated heterocycles. The number of carbonyl (C=O) groups excluding carboxylic acids is 1. The number of halogens is 1. The van der Waals surface area contributed by atoms with Gasteiger partial charge >= 0.3 is 0 Å². The van der Waals surface area contributed by atoms with E-state index in [1.807, 2.05) is 26.2 Å². The number of aromatic nitrogens is 1. The lowest BCUT2D eigenvalue weighted by atomic mass is 10.2. The number of pyridine rings is 1. The van der Waals surface area contributed by atoms with E-state index in [9.17, 15) is 4.79 Å². The standard InChI is InChI=1S/C11H17N3O.ClH/c1-12-6-7-14(2)11(15)8-10-4-3-5-13-9-10;/h3-5,9,12H,6-8H2,1-2H3;1H. The Morgan fingerprint density at radius 1 is 1.56 bits per heavy atom. The van der Waals surface area contributed by atoms with Gasteiger partial charge in [0.2, 0.25) is 5.91 Å². The summed E-state index contributed by atoms with van der Waals surface area (Å²) in [4.78, 5) is 17.4. The monoisotopic (exact) mass is 243 g/mol. The summed E-state index contributed by atoms with van der Waals surface area (Å²) >= 11 is 0. The van der Waals surface area contributed by atoms with Crippen molar-refractivity contribution in [2.45, 2.75) is 6.42 Å². The molecule has 0 aromatic carbocycles. The predicted octanol–water partition coefficient (Wildman–Crippen LogP) is 0.724. The van der Waals surface area contributed by atoms with E-state index in [2.05, 4.69) is 10.3 Å². The summed E-state index contributed by atoms with van der Waals surface area (Å²) in [5.41, 5.74) is 0.957. The number of likely N-dealkylation sites (N-methyl/N-ethyl adjacent to an activating group) is 2. The maximum Gasteiger partial charge on any atom is 0.226 e. The van der Waals surface area contributed by atoms with Gasteiger partial charge in [-0.1, -0.05) is 6.07 Å². The summed E-state index contributed by atoms with van der Waals surface area (Å²) in [6.07, 6.45) is 3.86. The molecule has 0 fully saturated rings. The molecule has 1 aromatic heterocycles. The minimum absolute atomic E-state index is 0. The van der Waals surface area contributed by atoms with Gasteiger partial charge in [-0.2, -0.15) is 0 Å². The molecule has 1 aromatic rings. The van der Waals surface area contributed by atoms with Crippen LogP contribution in [0.1, 0.15) is 5.56 Å². The third-order valence-electron chi connectivity index (χ3n) is 2.20. The van der Waals surface area contributed by atoms with E-state index >= 15 is 0 Å². The fourth-order valence-corrected chi connectivity index (χ4v) is 1.22. The van der Waals surface area contributed by atoms with Gasteiger partial charge in [0, 0.05) is 32.5 Å². The van der Waals surface area contributed by atoms with E-state index in [-0.39, 0.29) is 18.3 Å². The van der Waals surface area contributed by atoms with Crippen molar-refractivity contribution >= 4 is 18.3 Å². The molecule has 0 aliphatic heterocycles. The molecular weight excluding hydrogens is 226 g/mol. The van der Waals surface area contributed by atoms with Gasteiger partial charge in [0.15, 0.2) is 0 Å². The minimum atomic E-state index is 0. The van der Waals surface area contributed by atoms with Crippen molar-refractivity contribution in [2.24, 2.45) is 0 Å². The molecule has 4 nitrogen and oxygen atoms in total. The zero-order valence-electron chi connectivity index (χ0n) is 9.64. The highest BCUT2D eigenvalue weighted by atomic mass is 35.5. The number of amides is 1. The summed E-state index contributed by atoms with van der Waals surface area (Å²) in [6.45, 7) is 1.55. The SMILES string of the molecule is CNCCN(C)C(=O)Cc1cccnc1.Cl. The summed E-state index contributed by atoms with van der Waals surface area (Å²) in [5, 5.41) is 3.01. The van der Waals surface area contributed by atoms with Crippen LogP contribution >= 0.6 is 12.4 Å². The number of nitrogens with zero attached hydrogens (tertiary/aromatic N) is 2. The Kier molecular flexibility index (Phi) is 7.50. The van der Waals surface area contributed by atoms with E-state index < -0.39 is 0 Å². The lowest BCUT2D eigenvalue weighted by Gasteiger charge is -2.16. The molecule has 1 rings (SSSR count). The van der Waals surface area contributed by atoms with Gasteiger partial charge in [-0.05, 0) is 18.7 Å². The number of carbonyl (C=O) groups is 1. The van der Waals surface area contributed by atoms with Crippen molar-refractivity contribution in [2.75, 3.05) is 27.2 Å². The average molecular weight is 244 g/mol. The fraction of sp³-hybridized carbons (Fsp3) is 0.455. The average Bonchev–Trinajstić information content (AvgIpc) is 2.27. The van der Waals surface area contributed by atoms with Crippen LogP contribution in [0, 0.1) is 0 Å². The van der Waals surface area contributed by atoms with E-state index in [1.54, 1.807) is 17.3 Å². The molecule has 0 saturated carbocycles. The van der Waals surface area contributed by atoms with Gasteiger partial charge in [-0.15, -0.1) is 12.4 Å². The summed E-state index contributed by atoms with van der Waals surface area (Å²) in [6, 6.07) is 3.76. The van der Waals surface area contributed by atoms with Crippen molar-refractivity contribution in [1.82, 2.24) is 15.2 Å². The van der Waals surface area contributed by atoms with Crippen LogP contribution in [0.25, 0.3) is 0 Å². The highest BCUT2D eigenvalue weighted by Gasteiger charge is 2.08. The Morgan fingerprint density at radius 3 is 2.88 bits per heavy atom. The van der Waals surface area contributed by atoms with E-state index in [1.165, 1.54) is 0 Å². The van der Waals surface area contributed by atoms with E-state index in [0.29, 0.717) is 6.42 Å². The second-order valence-corrected chi connectivity index (χ2v) is 3.46. The third-order valence-corrected chi connectivity index (χ3v) is 2.20. The molecule has 0 spiro atoms. The Balaban J connectivity index is 0.00000225. The summed E-state index contributed by atoms with van der Waals surface area (Å²) < 4.78 is 0. The fourth-order valence-electron chi connectivity index (χ4n) is 1.22. The normalized spacial score (nSPS) is 9.38. The molecule has 90 valence electrons. The molecule has 0 aliphatic carbocycles. The molecule has 0 aliphatic rings. The second-order valence-electron chi connectivity index (χ2n) is 3.46. The lowest BCUT2D eigenvalue weighted by molar-refractivity contribution is -0.129. The molecule has 1 N–H and O–H groups in total. The van der Waals surface area contributed by atoms with E-state index in [4.69, 9.17) is 0 Å². The number of nitrogens with one attached hydrogen (secondary N) is 1. The first-order valence-corrected chi connectivity index (χ1v) is 5.01. The molecule has 16 heavy (non-hydrogen) atoms. The lowest BCUT2D eigenvalue weighted by Crippen LogP contribution is -2.33. The minimum Gasteiger partial charge on any atom is -0.344 e. The highest BCUT2D eigenvalue weighted by molar-refractivity contribution is 5.85. The van der Waals surface area contributed by atoms with Crippen LogP contribution in [-0.2, 0) is 11.2 Å². The van der Waals surface area contributed by atoms with Crippen LogP contribution in [0.15, 0.2) is 24.5 Å². The molecular formula is C11H18ClN3O. The predicted molar refractivity (Wildman–Crippen MR) is 66.8 cm³/mol. The van der Waals surface area contributed by atoms with Crippen molar-refractivity contribution < 1.29 is 4.79 Å². The molecule has 0 unspecified atom stereocenters. The summed E-state index contributed by atoms with van der Waals surface area (Å²) in [5.74, 6) is 0.123. The largest absolute Gasteiger partial charge is 0.344 e. The smallest absolute Gasteiger partial charge is 0.226 e. The van der Waals surface area contributed by atoms with Gasteiger partial charge in [0.1, 0.15) is 0 Å². The zero-order chi connectivity index (χ0) is 11.1. The molecule has 0 radical (unpaired) electrons. The zero-order valence-corrected chi connectivity index (χ0v) is 10.5. The maximum absolute atomic E-state index is 11.7. The van der Waals surface area contributed by atoms with Gasteiger partial charge in [-0.3, -0.25) is 9.78 Å². The van der Waals surface area contributed by atoms with Gasteiger partial charge in [0.25, 0.3) is 0 Å². The van der Waals surface area contributed by atoms with Gasteiger partial charge in [0.05, 0.1) is 6.42 Å². The number of hydrogen-bond donors (Lipinski definition) is 1. The summed E-state index contributed by atoms with van der Waals surface area (Å²) in [7, 11) is 3.69. The van der Waals surface area contributed by atoms with Crippen LogP contribution in [0.3, 0.4) is 0 Å². The van der Waals surface area contributed by atoms with Crippen molar-refractivity contribution in [1.29, 1.82) is 0 Å². The third kappa shape index (κ3) is 5.09. The molecule has 1 amide bonds. The first kappa shape index (κ1) is 14.9. The van der Waals surface area contributed by atoms with Crippen LogP contribution in [0.5, 0.6) is 0 Å². The Hall–Kier alpha value is -1.13. The molecule has 1 heterocycles. The Labute approximate surface area is 102 Å². The van der Waals surface area contributed by atoms with Crippen LogP contribution in [-0.4, -0.2) is 43.0 Å². The maximum atomic E-state index is 11.7. The molecule has 0 bridgehead atoms. The van der Waals surface area contributed by atoms with Crippen LogP contribution in [0.4, 0.5) is 0 Å². The van der Waals surface area contributed by atoms with Crippen molar-refractivity contribution in [3.05, 3.63) is 30.1 Å². The number of hydrogen-bond acceptors (Lipinski definition) is 3. The van der Waals surface area contributed by atoms with Gasteiger partial charge < -0.3 is 10.2 Å². The van der Waals surface area contributed by atoms with Crippen molar-refractivity contribution in [3.8, 4) is 0 Å². The van der Waals surface area contributed by atoms with Crippen LogP contribution < -0.4 is 5.32 Å². The Morgan fingerprint density at radius 2 is 2.31 bits per heavy atom. The van der Waals surface area contributed by atoms with Crippen LogP contribution in [0.2, 0.25) is 0 Å². The number of rotatable bonds is 5. The van der Waals surface area contributed by atoms with Gasteiger partial charge in [-0.25, -0.2) is 0 Å². The van der Waals surface area contributed by atoms with Crippen molar-refractivity contribution in [3.63, 3.8) is 0 Å². The quantitative estimate of drug-likeness (QED) is 0.829. The highest BCUT2D eigenvalue weighted by Crippen LogP contribution is 1.99. The van der Waals surface area contributed by atoms with E-state index in [0.717, 1.165) is 18.7 Å². The first-order valence-electron chi connectivity index (χ1n) is 5.01.